The molecule has 0 fully saturated rings. The van der Waals surface area contributed by atoms with Crippen LogP contribution in [-0.4, -0.2) is 19.9 Å². The summed E-state index contributed by atoms with van der Waals surface area (Å²) in [7, 11) is -3.54. The van der Waals surface area contributed by atoms with Crippen molar-refractivity contribution in [1.29, 1.82) is 0 Å². The van der Waals surface area contributed by atoms with E-state index in [-0.39, 0.29) is 16.4 Å². The van der Waals surface area contributed by atoms with E-state index in [1.807, 2.05) is 6.92 Å². The Bertz CT molecular complexity index is 504. The third-order valence-corrected chi connectivity index (χ3v) is 4.71. The van der Waals surface area contributed by atoms with Gasteiger partial charge in [-0.2, -0.15) is 0 Å². The summed E-state index contributed by atoms with van der Waals surface area (Å²) >= 11 is 0. The molecule has 0 aliphatic carbocycles. The molecule has 1 aromatic rings. The van der Waals surface area contributed by atoms with E-state index < -0.39 is 10.0 Å². The Morgan fingerprint density at radius 1 is 1.37 bits per heavy atom. The van der Waals surface area contributed by atoms with Gasteiger partial charge in [0.2, 0.25) is 0 Å². The number of hydrogen-bond acceptors (Lipinski definition) is 4. The van der Waals surface area contributed by atoms with Crippen LogP contribution in [0.1, 0.15) is 33.3 Å². The standard InChI is InChI=1S/C13H23N3O2S/c1-10(13(2,3)4)8-16-19(17,18)12-6-5-11(7-14)9-15-12/h5-6,9-10,16H,7-8,14H2,1-4H3. The number of pyridine rings is 1. The molecule has 0 spiro atoms. The van der Waals surface area contributed by atoms with Crippen LogP contribution in [0.3, 0.4) is 0 Å². The summed E-state index contributed by atoms with van der Waals surface area (Å²) in [5.74, 6) is 0.227. The molecule has 6 heteroatoms. The van der Waals surface area contributed by atoms with Crippen molar-refractivity contribution < 1.29 is 8.42 Å². The van der Waals surface area contributed by atoms with Crippen LogP contribution in [0.2, 0.25) is 0 Å². The summed E-state index contributed by atoms with van der Waals surface area (Å²) < 4.78 is 26.7. The van der Waals surface area contributed by atoms with Gasteiger partial charge in [0.1, 0.15) is 0 Å². The highest BCUT2D eigenvalue weighted by Crippen LogP contribution is 2.24. The van der Waals surface area contributed by atoms with Gasteiger partial charge in [0, 0.05) is 19.3 Å². The smallest absolute Gasteiger partial charge is 0.258 e. The van der Waals surface area contributed by atoms with Crippen LogP contribution in [0, 0.1) is 11.3 Å². The predicted molar refractivity (Wildman–Crippen MR) is 75.9 cm³/mol. The topological polar surface area (TPSA) is 85.1 Å². The average molecular weight is 285 g/mol. The average Bonchev–Trinajstić information content (AvgIpc) is 2.35. The van der Waals surface area contributed by atoms with Crippen LogP contribution in [0.5, 0.6) is 0 Å². The minimum atomic E-state index is -3.54. The van der Waals surface area contributed by atoms with Gasteiger partial charge in [0.25, 0.3) is 10.0 Å². The Morgan fingerprint density at radius 2 is 2.00 bits per heavy atom. The molecule has 0 saturated carbocycles. The third kappa shape index (κ3) is 4.56. The Morgan fingerprint density at radius 3 is 2.42 bits per heavy atom. The van der Waals surface area contributed by atoms with Crippen LogP contribution in [0.4, 0.5) is 0 Å². The minimum Gasteiger partial charge on any atom is -0.326 e. The molecule has 0 saturated heterocycles. The van der Waals surface area contributed by atoms with E-state index in [1.54, 1.807) is 6.07 Å². The maximum Gasteiger partial charge on any atom is 0.258 e. The number of nitrogens with one attached hydrogen (secondary N) is 1. The molecule has 108 valence electrons. The number of sulfonamides is 1. The van der Waals surface area contributed by atoms with Gasteiger partial charge in [0.05, 0.1) is 0 Å². The summed E-state index contributed by atoms with van der Waals surface area (Å²) in [5, 5.41) is 0.0332. The van der Waals surface area contributed by atoms with Crippen molar-refractivity contribution in [2.45, 2.75) is 39.3 Å². The van der Waals surface area contributed by atoms with Crippen molar-refractivity contribution in [3.05, 3.63) is 23.9 Å². The lowest BCUT2D eigenvalue weighted by atomic mass is 9.82. The molecule has 3 N–H and O–H groups in total. The summed E-state index contributed by atoms with van der Waals surface area (Å²) in [6.45, 7) is 9.02. The number of aromatic nitrogens is 1. The molecule has 5 nitrogen and oxygen atoms in total. The first kappa shape index (κ1) is 16.1. The SMILES string of the molecule is CC(CNS(=O)(=O)c1ccc(CN)cn1)C(C)(C)C. The zero-order valence-corrected chi connectivity index (χ0v) is 12.8. The zero-order valence-electron chi connectivity index (χ0n) is 12.0. The van der Waals surface area contributed by atoms with Gasteiger partial charge in [-0.05, 0) is 23.0 Å². The predicted octanol–water partition coefficient (Wildman–Crippen LogP) is 1.50. The van der Waals surface area contributed by atoms with Gasteiger partial charge in [-0.3, -0.25) is 0 Å². The minimum absolute atomic E-state index is 0.0332. The molecule has 1 aromatic heterocycles. The van der Waals surface area contributed by atoms with Gasteiger partial charge in [0.15, 0.2) is 5.03 Å². The highest BCUT2D eigenvalue weighted by atomic mass is 32.2. The highest BCUT2D eigenvalue weighted by molar-refractivity contribution is 7.89. The Balaban J connectivity index is 2.76. The van der Waals surface area contributed by atoms with Crippen LogP contribution >= 0.6 is 0 Å². The van der Waals surface area contributed by atoms with E-state index in [0.29, 0.717) is 13.1 Å². The quantitative estimate of drug-likeness (QED) is 0.858. The third-order valence-electron chi connectivity index (χ3n) is 3.37. The van der Waals surface area contributed by atoms with Crippen molar-refractivity contribution in [1.82, 2.24) is 9.71 Å². The molecule has 0 aromatic carbocycles. The van der Waals surface area contributed by atoms with Gasteiger partial charge < -0.3 is 5.73 Å². The first-order chi connectivity index (χ1) is 8.66. The molecular formula is C13H23N3O2S. The molecule has 1 unspecified atom stereocenters. The second-order valence-electron chi connectivity index (χ2n) is 5.83. The number of rotatable bonds is 5. The first-order valence-electron chi connectivity index (χ1n) is 6.31. The number of nitrogens with two attached hydrogens (primary N) is 1. The van der Waals surface area contributed by atoms with Crippen molar-refractivity contribution in [2.24, 2.45) is 17.1 Å². The maximum absolute atomic E-state index is 12.1. The molecule has 0 aliphatic rings. The van der Waals surface area contributed by atoms with Crippen LogP contribution in [-0.2, 0) is 16.6 Å². The molecule has 1 rings (SSSR count). The fourth-order valence-corrected chi connectivity index (χ4v) is 2.36. The van der Waals surface area contributed by atoms with Crippen molar-refractivity contribution in [2.75, 3.05) is 6.54 Å². The summed E-state index contributed by atoms with van der Waals surface area (Å²) in [4.78, 5) is 3.93. The Kier molecular flexibility index (Phi) is 5.06. The van der Waals surface area contributed by atoms with Crippen LogP contribution in [0.25, 0.3) is 0 Å². The maximum atomic E-state index is 12.1. The van der Waals surface area contributed by atoms with Gasteiger partial charge >= 0.3 is 0 Å². The van der Waals surface area contributed by atoms with E-state index in [2.05, 4.69) is 30.5 Å². The fraction of sp³-hybridized carbons (Fsp3) is 0.615. The van der Waals surface area contributed by atoms with Gasteiger partial charge in [-0.15, -0.1) is 0 Å². The summed E-state index contributed by atoms with van der Waals surface area (Å²) in [5.41, 5.74) is 6.31. The van der Waals surface area contributed by atoms with E-state index in [4.69, 9.17) is 5.73 Å². The number of hydrogen-bond donors (Lipinski definition) is 2. The normalized spacial score (nSPS) is 14.4. The first-order valence-corrected chi connectivity index (χ1v) is 7.80. The zero-order chi connectivity index (χ0) is 14.7. The Hall–Kier alpha value is -0.980. The molecule has 0 amide bonds. The molecule has 1 atom stereocenters. The van der Waals surface area contributed by atoms with Crippen molar-refractivity contribution in [3.8, 4) is 0 Å². The van der Waals surface area contributed by atoms with Crippen molar-refractivity contribution in [3.63, 3.8) is 0 Å². The second-order valence-corrected chi connectivity index (χ2v) is 7.54. The van der Waals surface area contributed by atoms with E-state index in [9.17, 15) is 8.42 Å². The van der Waals surface area contributed by atoms with Gasteiger partial charge in [-0.25, -0.2) is 18.1 Å². The fourth-order valence-electron chi connectivity index (χ4n) is 1.31. The molecule has 0 aliphatic heterocycles. The molecule has 0 bridgehead atoms. The molecule has 19 heavy (non-hydrogen) atoms. The Labute approximate surface area is 115 Å². The lowest BCUT2D eigenvalue weighted by Crippen LogP contribution is -2.34. The number of nitrogens with zero attached hydrogens (tertiary/aromatic N) is 1. The van der Waals surface area contributed by atoms with Crippen LogP contribution < -0.4 is 10.5 Å². The van der Waals surface area contributed by atoms with Crippen LogP contribution in [0.15, 0.2) is 23.4 Å². The largest absolute Gasteiger partial charge is 0.326 e. The van der Waals surface area contributed by atoms with Gasteiger partial charge in [-0.1, -0.05) is 33.8 Å². The lowest BCUT2D eigenvalue weighted by Gasteiger charge is -2.27. The summed E-state index contributed by atoms with van der Waals surface area (Å²) in [6.07, 6.45) is 1.49. The monoisotopic (exact) mass is 285 g/mol. The molecule has 0 radical (unpaired) electrons. The molecular weight excluding hydrogens is 262 g/mol. The molecule has 1 heterocycles. The van der Waals surface area contributed by atoms with E-state index in [0.717, 1.165) is 5.56 Å². The van der Waals surface area contributed by atoms with E-state index in [1.165, 1.54) is 12.3 Å². The second kappa shape index (κ2) is 5.98. The lowest BCUT2D eigenvalue weighted by molar-refractivity contribution is 0.263. The summed E-state index contributed by atoms with van der Waals surface area (Å²) in [6, 6.07) is 3.15. The van der Waals surface area contributed by atoms with Crippen molar-refractivity contribution >= 4 is 10.0 Å². The van der Waals surface area contributed by atoms with E-state index >= 15 is 0 Å². The highest BCUT2D eigenvalue weighted by Gasteiger charge is 2.23.